The Hall–Kier alpha value is -2.79. The average Bonchev–Trinajstić information content (AvgIpc) is 3.20. The van der Waals surface area contributed by atoms with Crippen LogP contribution in [-0.4, -0.2) is 17.6 Å². The molecule has 3 aromatic rings. The Labute approximate surface area is 163 Å². The van der Waals surface area contributed by atoms with Crippen LogP contribution in [0.25, 0.3) is 0 Å². The molecule has 0 aliphatic rings. The predicted molar refractivity (Wildman–Crippen MR) is 108 cm³/mol. The number of para-hydroxylation sites is 2. The molecule has 2 aromatic carbocycles. The number of rotatable bonds is 7. The van der Waals surface area contributed by atoms with Gasteiger partial charge >= 0.3 is 0 Å². The van der Waals surface area contributed by atoms with Crippen molar-refractivity contribution < 1.29 is 14.6 Å². The second-order valence-electron chi connectivity index (χ2n) is 6.59. The van der Waals surface area contributed by atoms with E-state index in [4.69, 9.17) is 4.74 Å². The standard InChI is InChI=1S/C22H23NO3S/c1-15(2)16-9-11-17(12-10-16)22(20-8-5-13-27-20)23-21(25)14-26-19-7-4-3-6-18(19)24/h3-13,15,22,24H,14H2,1-2H3,(H,23,25). The van der Waals surface area contributed by atoms with Crippen LogP contribution in [0.15, 0.2) is 66.0 Å². The van der Waals surface area contributed by atoms with Crippen molar-refractivity contribution in [1.29, 1.82) is 0 Å². The average molecular weight is 381 g/mol. The summed E-state index contributed by atoms with van der Waals surface area (Å²) in [4.78, 5) is 13.5. The third-order valence-electron chi connectivity index (χ3n) is 4.29. The number of amides is 1. The van der Waals surface area contributed by atoms with Crippen molar-refractivity contribution in [3.05, 3.63) is 82.0 Å². The molecule has 0 aliphatic carbocycles. The van der Waals surface area contributed by atoms with Crippen molar-refractivity contribution in [3.8, 4) is 11.5 Å². The highest BCUT2D eigenvalue weighted by atomic mass is 32.1. The molecule has 0 spiro atoms. The molecule has 1 atom stereocenters. The molecule has 0 aliphatic heterocycles. The van der Waals surface area contributed by atoms with Crippen molar-refractivity contribution in [2.45, 2.75) is 25.8 Å². The van der Waals surface area contributed by atoms with Gasteiger partial charge in [-0.15, -0.1) is 11.3 Å². The van der Waals surface area contributed by atoms with Crippen LogP contribution in [0.2, 0.25) is 0 Å². The molecule has 27 heavy (non-hydrogen) atoms. The van der Waals surface area contributed by atoms with Gasteiger partial charge in [0.25, 0.3) is 5.91 Å². The molecule has 0 radical (unpaired) electrons. The Morgan fingerprint density at radius 1 is 1.04 bits per heavy atom. The van der Waals surface area contributed by atoms with E-state index >= 15 is 0 Å². The number of carbonyl (C=O) groups is 1. The fourth-order valence-corrected chi connectivity index (χ4v) is 3.58. The summed E-state index contributed by atoms with van der Waals surface area (Å²) >= 11 is 1.60. The molecule has 0 bridgehead atoms. The number of thiophene rings is 1. The van der Waals surface area contributed by atoms with E-state index in [1.165, 1.54) is 11.6 Å². The van der Waals surface area contributed by atoms with Crippen LogP contribution in [0.5, 0.6) is 11.5 Å². The van der Waals surface area contributed by atoms with Crippen LogP contribution in [0.3, 0.4) is 0 Å². The molecule has 0 fully saturated rings. The van der Waals surface area contributed by atoms with Crippen molar-refractivity contribution in [2.75, 3.05) is 6.61 Å². The first-order valence-electron chi connectivity index (χ1n) is 8.88. The van der Waals surface area contributed by atoms with E-state index in [1.54, 1.807) is 29.5 Å². The van der Waals surface area contributed by atoms with E-state index in [-0.39, 0.29) is 24.3 Å². The van der Waals surface area contributed by atoms with E-state index in [0.29, 0.717) is 11.7 Å². The van der Waals surface area contributed by atoms with Crippen LogP contribution in [-0.2, 0) is 4.79 Å². The number of hydrogen-bond acceptors (Lipinski definition) is 4. The van der Waals surface area contributed by atoms with Crippen LogP contribution < -0.4 is 10.1 Å². The number of hydrogen-bond donors (Lipinski definition) is 2. The Morgan fingerprint density at radius 3 is 2.37 bits per heavy atom. The zero-order valence-electron chi connectivity index (χ0n) is 15.4. The Balaban J connectivity index is 1.72. The lowest BCUT2D eigenvalue weighted by molar-refractivity contribution is -0.123. The number of carbonyl (C=O) groups excluding carboxylic acids is 1. The topological polar surface area (TPSA) is 58.6 Å². The minimum Gasteiger partial charge on any atom is -0.504 e. The molecule has 1 amide bonds. The van der Waals surface area contributed by atoms with Crippen molar-refractivity contribution in [3.63, 3.8) is 0 Å². The number of phenolic OH excluding ortho intramolecular Hbond substituents is 1. The third kappa shape index (κ3) is 4.89. The van der Waals surface area contributed by atoms with E-state index in [0.717, 1.165) is 10.4 Å². The molecular formula is C22H23NO3S. The predicted octanol–water partition coefficient (Wildman–Crippen LogP) is 4.86. The maximum atomic E-state index is 12.5. The molecule has 5 heteroatoms. The summed E-state index contributed by atoms with van der Waals surface area (Å²) in [6.45, 7) is 4.15. The Bertz CT molecular complexity index is 873. The molecule has 3 rings (SSSR count). The fourth-order valence-electron chi connectivity index (χ4n) is 2.77. The largest absolute Gasteiger partial charge is 0.504 e. The van der Waals surface area contributed by atoms with Gasteiger partial charge in [-0.1, -0.05) is 56.3 Å². The first-order valence-corrected chi connectivity index (χ1v) is 9.76. The normalized spacial score (nSPS) is 12.0. The molecule has 4 nitrogen and oxygen atoms in total. The third-order valence-corrected chi connectivity index (χ3v) is 5.23. The van der Waals surface area contributed by atoms with Crippen molar-refractivity contribution in [2.24, 2.45) is 0 Å². The number of nitrogens with one attached hydrogen (secondary N) is 1. The number of ether oxygens (including phenoxy) is 1. The lowest BCUT2D eigenvalue weighted by atomic mass is 9.98. The first kappa shape index (κ1) is 19.0. The molecule has 1 unspecified atom stereocenters. The van der Waals surface area contributed by atoms with Gasteiger partial charge < -0.3 is 15.2 Å². The van der Waals surface area contributed by atoms with Gasteiger partial charge in [0.2, 0.25) is 0 Å². The number of aromatic hydroxyl groups is 1. The summed E-state index contributed by atoms with van der Waals surface area (Å²) in [5, 5.41) is 14.8. The Kier molecular flexibility index (Phi) is 6.14. The lowest BCUT2D eigenvalue weighted by Crippen LogP contribution is -2.32. The highest BCUT2D eigenvalue weighted by Gasteiger charge is 2.18. The second-order valence-corrected chi connectivity index (χ2v) is 7.57. The number of phenols is 1. The molecule has 1 heterocycles. The maximum Gasteiger partial charge on any atom is 0.258 e. The molecule has 0 saturated heterocycles. The van der Waals surface area contributed by atoms with Gasteiger partial charge in [-0.25, -0.2) is 0 Å². The molecule has 1 aromatic heterocycles. The smallest absolute Gasteiger partial charge is 0.258 e. The van der Waals surface area contributed by atoms with Crippen molar-refractivity contribution >= 4 is 17.2 Å². The van der Waals surface area contributed by atoms with Crippen LogP contribution >= 0.6 is 11.3 Å². The summed E-state index contributed by atoms with van der Waals surface area (Å²) in [7, 11) is 0. The van der Waals surface area contributed by atoms with E-state index in [1.807, 2.05) is 17.5 Å². The Morgan fingerprint density at radius 2 is 1.74 bits per heavy atom. The van der Waals surface area contributed by atoms with Gasteiger partial charge in [-0.3, -0.25) is 4.79 Å². The monoisotopic (exact) mass is 381 g/mol. The molecule has 0 saturated carbocycles. The summed E-state index contributed by atoms with van der Waals surface area (Å²) < 4.78 is 5.44. The summed E-state index contributed by atoms with van der Waals surface area (Å²) in [5.41, 5.74) is 2.29. The van der Waals surface area contributed by atoms with Gasteiger partial charge in [0.05, 0.1) is 6.04 Å². The first-order chi connectivity index (χ1) is 13.0. The zero-order valence-corrected chi connectivity index (χ0v) is 16.2. The van der Waals surface area contributed by atoms with Crippen LogP contribution in [0.1, 0.15) is 41.8 Å². The van der Waals surface area contributed by atoms with Gasteiger partial charge in [0, 0.05) is 4.88 Å². The van der Waals surface area contributed by atoms with Gasteiger partial charge in [0.15, 0.2) is 18.1 Å². The van der Waals surface area contributed by atoms with E-state index in [9.17, 15) is 9.90 Å². The summed E-state index contributed by atoms with van der Waals surface area (Å²) in [6.07, 6.45) is 0. The van der Waals surface area contributed by atoms with Crippen LogP contribution in [0, 0.1) is 0 Å². The number of benzene rings is 2. The minimum atomic E-state index is -0.246. The highest BCUT2D eigenvalue weighted by Crippen LogP contribution is 2.28. The highest BCUT2D eigenvalue weighted by molar-refractivity contribution is 7.10. The summed E-state index contributed by atoms with van der Waals surface area (Å²) in [5.74, 6) is 0.524. The van der Waals surface area contributed by atoms with E-state index < -0.39 is 0 Å². The summed E-state index contributed by atoms with van der Waals surface area (Å²) in [6, 6.07) is 18.7. The fraction of sp³-hybridized carbons (Fsp3) is 0.227. The quantitative estimate of drug-likeness (QED) is 0.614. The van der Waals surface area contributed by atoms with Crippen molar-refractivity contribution in [1.82, 2.24) is 5.32 Å². The zero-order chi connectivity index (χ0) is 19.2. The lowest BCUT2D eigenvalue weighted by Gasteiger charge is -2.19. The second kappa shape index (κ2) is 8.73. The van der Waals surface area contributed by atoms with Gasteiger partial charge in [-0.05, 0) is 40.6 Å². The molecule has 2 N–H and O–H groups in total. The molecular weight excluding hydrogens is 358 g/mol. The van der Waals surface area contributed by atoms with Crippen LogP contribution in [0.4, 0.5) is 0 Å². The van der Waals surface area contributed by atoms with Gasteiger partial charge in [-0.2, -0.15) is 0 Å². The van der Waals surface area contributed by atoms with E-state index in [2.05, 4.69) is 43.4 Å². The SMILES string of the molecule is CC(C)c1ccc(C(NC(=O)COc2ccccc2O)c2cccs2)cc1. The van der Waals surface area contributed by atoms with Gasteiger partial charge in [0.1, 0.15) is 0 Å². The minimum absolute atomic E-state index is 0.0179. The maximum absolute atomic E-state index is 12.5. The molecule has 140 valence electrons.